The van der Waals surface area contributed by atoms with Crippen molar-refractivity contribution in [3.63, 3.8) is 0 Å². The van der Waals surface area contributed by atoms with Crippen molar-refractivity contribution < 1.29 is 14.3 Å². The van der Waals surface area contributed by atoms with Crippen LogP contribution in [0.15, 0.2) is 42.7 Å². The summed E-state index contributed by atoms with van der Waals surface area (Å²) in [5.74, 6) is 0.330. The molecule has 2 aromatic heterocycles. The maximum absolute atomic E-state index is 11.7. The summed E-state index contributed by atoms with van der Waals surface area (Å²) in [7, 11) is 1.56. The molecule has 3 aromatic rings. The van der Waals surface area contributed by atoms with Crippen LogP contribution < -0.4 is 9.47 Å². The summed E-state index contributed by atoms with van der Waals surface area (Å²) in [6, 6.07) is 11.0. The van der Waals surface area contributed by atoms with Gasteiger partial charge in [-0.25, -0.2) is 4.98 Å². The predicted molar refractivity (Wildman–Crippen MR) is 92.2 cm³/mol. The van der Waals surface area contributed by atoms with Crippen LogP contribution in [-0.4, -0.2) is 23.0 Å². The SMILES string of the molecule is CCC(=O)Oc1nc(C#N)c(-c2cccnc2)c2cc(OC)ccc12. The molecule has 0 aliphatic heterocycles. The molecule has 0 unspecified atom stereocenters. The third kappa shape index (κ3) is 3.12. The number of benzene rings is 1. The van der Waals surface area contributed by atoms with Crippen LogP contribution in [0.1, 0.15) is 19.0 Å². The van der Waals surface area contributed by atoms with Gasteiger partial charge in [0.25, 0.3) is 0 Å². The van der Waals surface area contributed by atoms with E-state index < -0.39 is 5.97 Å². The standard InChI is InChI=1S/C19H15N3O3/c1-3-17(23)25-19-14-7-6-13(24-2)9-15(14)18(16(10-20)22-19)12-5-4-8-21-11-12/h4-9,11H,3H2,1-2H3. The smallest absolute Gasteiger partial charge is 0.312 e. The summed E-state index contributed by atoms with van der Waals surface area (Å²) in [6.45, 7) is 1.70. The molecular formula is C19H15N3O3. The summed E-state index contributed by atoms with van der Waals surface area (Å²) < 4.78 is 10.6. The fraction of sp³-hybridized carbons (Fsp3) is 0.158. The van der Waals surface area contributed by atoms with E-state index in [0.717, 1.165) is 5.56 Å². The van der Waals surface area contributed by atoms with Gasteiger partial charge in [0.05, 0.1) is 7.11 Å². The maximum atomic E-state index is 11.7. The molecule has 6 nitrogen and oxygen atoms in total. The number of hydrogen-bond donors (Lipinski definition) is 0. The molecular weight excluding hydrogens is 318 g/mol. The van der Waals surface area contributed by atoms with Crippen molar-refractivity contribution in [1.82, 2.24) is 9.97 Å². The van der Waals surface area contributed by atoms with Crippen molar-refractivity contribution in [2.45, 2.75) is 13.3 Å². The Hall–Kier alpha value is -3.46. The number of rotatable bonds is 4. The topological polar surface area (TPSA) is 85.1 Å². The number of nitrogens with zero attached hydrogens (tertiary/aromatic N) is 3. The van der Waals surface area contributed by atoms with Gasteiger partial charge in [0, 0.05) is 40.7 Å². The lowest BCUT2D eigenvalue weighted by Crippen LogP contribution is -2.08. The van der Waals surface area contributed by atoms with E-state index in [1.54, 1.807) is 50.7 Å². The molecule has 0 aliphatic carbocycles. The minimum atomic E-state index is -0.414. The van der Waals surface area contributed by atoms with E-state index in [-0.39, 0.29) is 18.0 Å². The van der Waals surface area contributed by atoms with Crippen LogP contribution in [-0.2, 0) is 4.79 Å². The molecule has 6 heteroatoms. The van der Waals surface area contributed by atoms with Crippen molar-refractivity contribution in [2.75, 3.05) is 7.11 Å². The molecule has 0 N–H and O–H groups in total. The van der Waals surface area contributed by atoms with Crippen LogP contribution in [0.25, 0.3) is 21.9 Å². The number of carbonyl (C=O) groups is 1. The van der Waals surface area contributed by atoms with Crippen LogP contribution in [0.2, 0.25) is 0 Å². The van der Waals surface area contributed by atoms with Crippen LogP contribution in [0.3, 0.4) is 0 Å². The summed E-state index contributed by atoms with van der Waals surface area (Å²) >= 11 is 0. The zero-order valence-corrected chi connectivity index (χ0v) is 13.8. The molecule has 2 heterocycles. The molecule has 0 radical (unpaired) electrons. The number of nitriles is 1. The predicted octanol–water partition coefficient (Wildman–Crippen LogP) is 3.49. The van der Waals surface area contributed by atoms with Gasteiger partial charge in [0.1, 0.15) is 11.8 Å². The van der Waals surface area contributed by atoms with Crippen LogP contribution in [0.4, 0.5) is 0 Å². The maximum Gasteiger partial charge on any atom is 0.312 e. The van der Waals surface area contributed by atoms with Crippen molar-refractivity contribution in [3.8, 4) is 28.8 Å². The van der Waals surface area contributed by atoms with E-state index >= 15 is 0 Å². The second-order valence-electron chi connectivity index (χ2n) is 5.23. The monoisotopic (exact) mass is 333 g/mol. The Kier molecular flexibility index (Phi) is 4.57. The Labute approximate surface area is 144 Å². The second kappa shape index (κ2) is 6.97. The zero-order chi connectivity index (χ0) is 17.8. The van der Waals surface area contributed by atoms with Crippen LogP contribution >= 0.6 is 0 Å². The highest BCUT2D eigenvalue weighted by molar-refractivity contribution is 6.02. The Balaban J connectivity index is 2.36. The van der Waals surface area contributed by atoms with Crippen LogP contribution in [0.5, 0.6) is 11.6 Å². The van der Waals surface area contributed by atoms with Gasteiger partial charge in [-0.2, -0.15) is 5.26 Å². The van der Waals surface area contributed by atoms with E-state index in [2.05, 4.69) is 16.0 Å². The van der Waals surface area contributed by atoms with Crippen LogP contribution in [0, 0.1) is 11.3 Å². The molecule has 0 saturated heterocycles. The largest absolute Gasteiger partial charge is 0.497 e. The summed E-state index contributed by atoms with van der Waals surface area (Å²) in [4.78, 5) is 20.1. The van der Waals surface area contributed by atoms with Gasteiger partial charge < -0.3 is 9.47 Å². The molecule has 0 fully saturated rings. The molecule has 25 heavy (non-hydrogen) atoms. The minimum Gasteiger partial charge on any atom is -0.497 e. The van der Waals surface area contributed by atoms with Crippen molar-refractivity contribution >= 4 is 16.7 Å². The van der Waals surface area contributed by atoms with Gasteiger partial charge in [0.2, 0.25) is 5.88 Å². The average molecular weight is 333 g/mol. The van der Waals surface area contributed by atoms with Gasteiger partial charge in [-0.15, -0.1) is 0 Å². The van der Waals surface area contributed by atoms with E-state index in [4.69, 9.17) is 9.47 Å². The number of esters is 1. The lowest BCUT2D eigenvalue weighted by molar-refractivity contribution is -0.134. The van der Waals surface area contributed by atoms with Gasteiger partial charge >= 0.3 is 5.97 Å². The third-order valence-corrected chi connectivity index (χ3v) is 3.73. The van der Waals surface area contributed by atoms with E-state index in [9.17, 15) is 10.1 Å². The Morgan fingerprint density at radius 1 is 1.28 bits per heavy atom. The highest BCUT2D eigenvalue weighted by atomic mass is 16.5. The first-order valence-corrected chi connectivity index (χ1v) is 7.70. The van der Waals surface area contributed by atoms with Crippen molar-refractivity contribution in [2.24, 2.45) is 0 Å². The van der Waals surface area contributed by atoms with Gasteiger partial charge in [-0.3, -0.25) is 9.78 Å². The third-order valence-electron chi connectivity index (χ3n) is 3.73. The number of aromatic nitrogens is 2. The molecule has 124 valence electrons. The van der Waals surface area contributed by atoms with Gasteiger partial charge in [-0.1, -0.05) is 13.0 Å². The lowest BCUT2D eigenvalue weighted by atomic mass is 9.98. The zero-order valence-electron chi connectivity index (χ0n) is 13.8. The molecule has 0 spiro atoms. The van der Waals surface area contributed by atoms with Gasteiger partial charge in [-0.05, 0) is 24.3 Å². The lowest BCUT2D eigenvalue weighted by Gasteiger charge is -2.13. The molecule has 0 atom stereocenters. The minimum absolute atomic E-state index is 0.119. The molecule has 0 amide bonds. The number of hydrogen-bond acceptors (Lipinski definition) is 6. The number of fused-ring (bicyclic) bond motifs is 1. The first-order valence-electron chi connectivity index (χ1n) is 7.70. The Bertz CT molecular complexity index is 979. The highest BCUT2D eigenvalue weighted by Crippen LogP contribution is 2.37. The van der Waals surface area contributed by atoms with Crippen molar-refractivity contribution in [1.29, 1.82) is 5.26 Å². The second-order valence-corrected chi connectivity index (χ2v) is 5.23. The quantitative estimate of drug-likeness (QED) is 0.679. The summed E-state index contributed by atoms with van der Waals surface area (Å²) in [6.07, 6.45) is 3.53. The van der Waals surface area contributed by atoms with Crippen molar-refractivity contribution in [3.05, 3.63) is 48.4 Å². The molecule has 0 saturated carbocycles. The Morgan fingerprint density at radius 3 is 2.76 bits per heavy atom. The fourth-order valence-corrected chi connectivity index (χ4v) is 2.53. The number of methoxy groups -OCH3 is 1. The molecule has 1 aromatic carbocycles. The highest BCUT2D eigenvalue weighted by Gasteiger charge is 2.18. The summed E-state index contributed by atoms with van der Waals surface area (Å²) in [5.41, 5.74) is 1.53. The summed E-state index contributed by atoms with van der Waals surface area (Å²) in [5, 5.41) is 10.9. The molecule has 0 aliphatic rings. The first kappa shape index (κ1) is 16.4. The first-order chi connectivity index (χ1) is 12.2. The normalized spacial score (nSPS) is 10.3. The molecule has 0 bridgehead atoms. The molecule has 3 rings (SSSR count). The number of ether oxygens (including phenoxy) is 2. The average Bonchev–Trinajstić information content (AvgIpc) is 2.67. The van der Waals surface area contributed by atoms with E-state index in [0.29, 0.717) is 22.1 Å². The van der Waals surface area contributed by atoms with E-state index in [1.807, 2.05) is 6.07 Å². The fourth-order valence-electron chi connectivity index (χ4n) is 2.53. The number of pyridine rings is 2. The van der Waals surface area contributed by atoms with Gasteiger partial charge in [0.15, 0.2) is 5.69 Å². The Morgan fingerprint density at radius 2 is 2.12 bits per heavy atom. The number of carbonyl (C=O) groups excluding carboxylic acids is 1. The van der Waals surface area contributed by atoms with E-state index in [1.165, 1.54) is 0 Å².